The number of hydrogen-bond donors (Lipinski definition) is 1. The number of halogens is 3. The van der Waals surface area contributed by atoms with Crippen LogP contribution in [0.4, 0.5) is 13.2 Å². The molecular weight excluding hydrogens is 257 g/mol. The lowest BCUT2D eigenvalue weighted by Gasteiger charge is -2.12. The molecule has 0 bridgehead atoms. The van der Waals surface area contributed by atoms with Crippen molar-refractivity contribution in [3.8, 4) is 0 Å². The van der Waals surface area contributed by atoms with Gasteiger partial charge in [0.15, 0.2) is 11.6 Å². The summed E-state index contributed by atoms with van der Waals surface area (Å²) in [5.74, 6) is -2.67. The Balaban J connectivity index is 2.10. The van der Waals surface area contributed by atoms with Gasteiger partial charge in [0.1, 0.15) is 11.6 Å². The van der Waals surface area contributed by atoms with Gasteiger partial charge >= 0.3 is 0 Å². The monoisotopic (exact) mass is 270 g/mol. The fraction of sp³-hybridized carbons (Fsp3) is 0.308. The van der Waals surface area contributed by atoms with Gasteiger partial charge in [0.05, 0.1) is 6.10 Å². The Morgan fingerprint density at radius 2 is 1.89 bits per heavy atom. The van der Waals surface area contributed by atoms with Crippen molar-refractivity contribution in [3.05, 3.63) is 53.4 Å². The number of aliphatic hydroxyl groups excluding tert-OH is 1. The smallest absolute Gasteiger partial charge is 0.161 e. The molecule has 19 heavy (non-hydrogen) atoms. The van der Waals surface area contributed by atoms with Crippen LogP contribution in [-0.4, -0.2) is 14.7 Å². The minimum Gasteiger partial charge on any atom is -0.388 e. The third-order valence-electron chi connectivity index (χ3n) is 2.96. The molecule has 0 aliphatic heterocycles. The lowest BCUT2D eigenvalue weighted by molar-refractivity contribution is 0.161. The van der Waals surface area contributed by atoms with E-state index in [9.17, 15) is 18.3 Å². The first-order valence-electron chi connectivity index (χ1n) is 5.77. The molecule has 1 atom stereocenters. The minimum atomic E-state index is -1.27. The molecule has 0 spiro atoms. The Hall–Kier alpha value is -1.82. The molecule has 0 fully saturated rings. The standard InChI is InChI=1S/C13H13F3N2O/c1-18-5-4-17-13(18)3-2-12(19)8-6-10(15)11(16)7-9(8)14/h4-7,12,19H,2-3H2,1H3. The molecule has 0 amide bonds. The van der Waals surface area contributed by atoms with E-state index in [1.54, 1.807) is 24.0 Å². The van der Waals surface area contributed by atoms with Crippen molar-refractivity contribution in [2.45, 2.75) is 18.9 Å². The van der Waals surface area contributed by atoms with E-state index < -0.39 is 23.6 Å². The Kier molecular flexibility index (Phi) is 3.90. The van der Waals surface area contributed by atoms with Crippen LogP contribution in [0.15, 0.2) is 24.5 Å². The molecule has 1 N–H and O–H groups in total. The van der Waals surface area contributed by atoms with E-state index in [4.69, 9.17) is 0 Å². The molecule has 6 heteroatoms. The topological polar surface area (TPSA) is 38.0 Å². The third kappa shape index (κ3) is 2.96. The molecule has 1 aromatic carbocycles. The summed E-state index contributed by atoms with van der Waals surface area (Å²) in [6.07, 6.45) is 2.74. The summed E-state index contributed by atoms with van der Waals surface area (Å²) in [7, 11) is 1.80. The summed E-state index contributed by atoms with van der Waals surface area (Å²) in [5, 5.41) is 9.84. The van der Waals surface area contributed by atoms with E-state index in [1.165, 1.54) is 0 Å². The fourth-order valence-electron chi connectivity index (χ4n) is 1.85. The van der Waals surface area contributed by atoms with Crippen LogP contribution in [0, 0.1) is 17.5 Å². The van der Waals surface area contributed by atoms with Crippen LogP contribution < -0.4 is 0 Å². The summed E-state index contributed by atoms with van der Waals surface area (Å²) in [6, 6.07) is 1.13. The maximum Gasteiger partial charge on any atom is 0.161 e. The van der Waals surface area contributed by atoms with Crippen molar-refractivity contribution in [2.75, 3.05) is 0 Å². The van der Waals surface area contributed by atoms with Gasteiger partial charge in [0.25, 0.3) is 0 Å². The van der Waals surface area contributed by atoms with Crippen molar-refractivity contribution < 1.29 is 18.3 Å². The summed E-state index contributed by atoms with van der Waals surface area (Å²) >= 11 is 0. The summed E-state index contributed by atoms with van der Waals surface area (Å²) < 4.78 is 41.0. The predicted octanol–water partition coefficient (Wildman–Crippen LogP) is 2.50. The first-order valence-corrected chi connectivity index (χ1v) is 5.77. The number of rotatable bonds is 4. The number of benzene rings is 1. The number of aliphatic hydroxyl groups is 1. The highest BCUT2D eigenvalue weighted by Gasteiger charge is 2.17. The first kappa shape index (κ1) is 13.6. The molecule has 1 heterocycles. The van der Waals surface area contributed by atoms with Crippen LogP contribution in [0.1, 0.15) is 23.9 Å². The molecule has 1 unspecified atom stereocenters. The van der Waals surface area contributed by atoms with E-state index in [1.807, 2.05) is 0 Å². The molecule has 0 radical (unpaired) electrons. The summed E-state index contributed by atoms with van der Waals surface area (Å²) in [6.45, 7) is 0. The van der Waals surface area contributed by atoms with Gasteiger partial charge in [0, 0.05) is 37.5 Å². The highest BCUT2D eigenvalue weighted by molar-refractivity contribution is 5.22. The molecule has 0 aliphatic carbocycles. The van der Waals surface area contributed by atoms with Gasteiger partial charge in [-0.3, -0.25) is 0 Å². The van der Waals surface area contributed by atoms with Crippen LogP contribution in [0.3, 0.4) is 0 Å². The molecule has 0 saturated carbocycles. The van der Waals surface area contributed by atoms with Gasteiger partial charge < -0.3 is 9.67 Å². The molecule has 2 rings (SSSR count). The van der Waals surface area contributed by atoms with E-state index >= 15 is 0 Å². The SMILES string of the molecule is Cn1ccnc1CCC(O)c1cc(F)c(F)cc1F. The van der Waals surface area contributed by atoms with Gasteiger partial charge in [-0.1, -0.05) is 0 Å². The van der Waals surface area contributed by atoms with E-state index in [-0.39, 0.29) is 12.0 Å². The van der Waals surface area contributed by atoms with Gasteiger partial charge in [-0.05, 0) is 12.5 Å². The Bertz CT molecular complexity index is 583. The fourth-order valence-corrected chi connectivity index (χ4v) is 1.85. The zero-order chi connectivity index (χ0) is 14.0. The largest absolute Gasteiger partial charge is 0.388 e. The Morgan fingerprint density at radius 1 is 1.21 bits per heavy atom. The van der Waals surface area contributed by atoms with Crippen molar-refractivity contribution in [1.29, 1.82) is 0 Å². The van der Waals surface area contributed by atoms with Crippen molar-refractivity contribution in [1.82, 2.24) is 9.55 Å². The van der Waals surface area contributed by atoms with Crippen LogP contribution in [0.5, 0.6) is 0 Å². The normalized spacial score (nSPS) is 12.7. The third-order valence-corrected chi connectivity index (χ3v) is 2.96. The first-order chi connectivity index (χ1) is 8.99. The maximum atomic E-state index is 13.4. The second-order valence-corrected chi connectivity index (χ2v) is 4.30. The highest BCUT2D eigenvalue weighted by Crippen LogP contribution is 2.23. The second kappa shape index (κ2) is 5.44. The molecule has 0 saturated heterocycles. The number of imidazole rings is 1. The number of aryl methyl sites for hydroxylation is 2. The zero-order valence-corrected chi connectivity index (χ0v) is 10.3. The van der Waals surface area contributed by atoms with Crippen LogP contribution in [-0.2, 0) is 13.5 Å². The van der Waals surface area contributed by atoms with Crippen molar-refractivity contribution >= 4 is 0 Å². The minimum absolute atomic E-state index is 0.173. The molecular formula is C13H13F3N2O. The average Bonchev–Trinajstić information content (AvgIpc) is 2.76. The van der Waals surface area contributed by atoms with Gasteiger partial charge in [0.2, 0.25) is 0 Å². The number of hydrogen-bond acceptors (Lipinski definition) is 2. The van der Waals surface area contributed by atoms with Gasteiger partial charge in [-0.15, -0.1) is 0 Å². The van der Waals surface area contributed by atoms with Gasteiger partial charge in [-0.2, -0.15) is 0 Å². The Morgan fingerprint density at radius 3 is 2.53 bits per heavy atom. The van der Waals surface area contributed by atoms with E-state index in [0.29, 0.717) is 18.6 Å². The van der Waals surface area contributed by atoms with Crippen LogP contribution >= 0.6 is 0 Å². The van der Waals surface area contributed by atoms with E-state index in [2.05, 4.69) is 4.98 Å². The zero-order valence-electron chi connectivity index (χ0n) is 10.3. The molecule has 102 valence electrons. The van der Waals surface area contributed by atoms with Gasteiger partial charge in [-0.25, -0.2) is 18.2 Å². The molecule has 0 aliphatic rings. The lowest BCUT2D eigenvalue weighted by atomic mass is 10.0. The molecule has 3 nitrogen and oxygen atoms in total. The lowest BCUT2D eigenvalue weighted by Crippen LogP contribution is -2.06. The number of nitrogens with zero attached hydrogens (tertiary/aromatic N) is 2. The van der Waals surface area contributed by atoms with Crippen LogP contribution in [0.2, 0.25) is 0 Å². The average molecular weight is 270 g/mol. The van der Waals surface area contributed by atoms with Crippen molar-refractivity contribution in [2.24, 2.45) is 7.05 Å². The molecule has 2 aromatic rings. The van der Waals surface area contributed by atoms with Crippen LogP contribution in [0.25, 0.3) is 0 Å². The van der Waals surface area contributed by atoms with E-state index in [0.717, 1.165) is 5.82 Å². The quantitative estimate of drug-likeness (QED) is 0.867. The predicted molar refractivity (Wildman–Crippen MR) is 62.8 cm³/mol. The summed E-state index contributed by atoms with van der Waals surface area (Å²) in [4.78, 5) is 4.06. The summed E-state index contributed by atoms with van der Waals surface area (Å²) in [5.41, 5.74) is -0.242. The highest BCUT2D eigenvalue weighted by atomic mass is 19.2. The van der Waals surface area contributed by atoms with Crippen molar-refractivity contribution in [3.63, 3.8) is 0 Å². The number of aromatic nitrogens is 2. The second-order valence-electron chi connectivity index (χ2n) is 4.30. The maximum absolute atomic E-state index is 13.4. The molecule has 1 aromatic heterocycles. The Labute approximate surface area is 108 Å².